The summed E-state index contributed by atoms with van der Waals surface area (Å²) in [5, 5.41) is 13.9. The summed E-state index contributed by atoms with van der Waals surface area (Å²) in [5.74, 6) is 1.36. The van der Waals surface area contributed by atoms with E-state index in [0.29, 0.717) is 23.7 Å². The second kappa shape index (κ2) is 6.30. The van der Waals surface area contributed by atoms with Crippen LogP contribution in [0.1, 0.15) is 13.3 Å². The molecule has 1 aromatic heterocycles. The molecule has 0 bridgehead atoms. The largest absolute Gasteiger partial charge is 0.508 e. The van der Waals surface area contributed by atoms with Crippen LogP contribution >= 0.6 is 0 Å². The third kappa shape index (κ3) is 2.93. The number of phenolic OH excluding ortho intramolecular Hbond substituents is 1. The Bertz CT molecular complexity index is 775. The van der Waals surface area contributed by atoms with Crippen molar-refractivity contribution >= 4 is 22.4 Å². The third-order valence-corrected chi connectivity index (χ3v) is 3.18. The average molecular weight is 295 g/mol. The molecule has 0 saturated carbocycles. The minimum Gasteiger partial charge on any atom is -0.508 e. The second-order valence-electron chi connectivity index (χ2n) is 4.90. The Morgan fingerprint density at radius 3 is 2.73 bits per heavy atom. The van der Waals surface area contributed by atoms with Gasteiger partial charge in [0.05, 0.1) is 17.5 Å². The Morgan fingerprint density at radius 2 is 1.95 bits per heavy atom. The highest BCUT2D eigenvalue weighted by molar-refractivity contribution is 5.96. The summed E-state index contributed by atoms with van der Waals surface area (Å²) >= 11 is 0. The number of benzene rings is 2. The van der Waals surface area contributed by atoms with Crippen LogP contribution < -0.4 is 10.1 Å². The highest BCUT2D eigenvalue weighted by Gasteiger charge is 2.12. The molecule has 112 valence electrons. The van der Waals surface area contributed by atoms with Crippen molar-refractivity contribution in [3.63, 3.8) is 0 Å². The van der Waals surface area contributed by atoms with E-state index in [2.05, 4.69) is 15.3 Å². The van der Waals surface area contributed by atoms with Gasteiger partial charge in [0.15, 0.2) is 0 Å². The van der Waals surface area contributed by atoms with Crippen molar-refractivity contribution in [2.45, 2.75) is 13.3 Å². The molecule has 0 aliphatic rings. The highest BCUT2D eigenvalue weighted by atomic mass is 16.5. The van der Waals surface area contributed by atoms with Crippen molar-refractivity contribution in [2.24, 2.45) is 0 Å². The van der Waals surface area contributed by atoms with E-state index in [1.54, 1.807) is 12.1 Å². The molecule has 0 spiro atoms. The number of ether oxygens (including phenoxy) is 1. The van der Waals surface area contributed by atoms with E-state index in [1.807, 2.05) is 37.3 Å². The fourth-order valence-corrected chi connectivity index (χ4v) is 2.22. The van der Waals surface area contributed by atoms with Crippen molar-refractivity contribution in [1.82, 2.24) is 9.97 Å². The van der Waals surface area contributed by atoms with Gasteiger partial charge in [-0.2, -0.15) is 0 Å². The van der Waals surface area contributed by atoms with Gasteiger partial charge in [0, 0.05) is 17.8 Å². The van der Waals surface area contributed by atoms with Crippen LogP contribution in [0.15, 0.2) is 48.8 Å². The SMILES string of the molecule is CCCOc1cc(O)cc2ncnc(Nc3ccccc3)c12. The molecule has 0 radical (unpaired) electrons. The maximum Gasteiger partial charge on any atom is 0.145 e. The lowest BCUT2D eigenvalue weighted by Gasteiger charge is -2.13. The first-order valence-corrected chi connectivity index (χ1v) is 7.20. The zero-order chi connectivity index (χ0) is 15.4. The minimum atomic E-state index is 0.128. The Hall–Kier alpha value is -2.82. The molecular weight excluding hydrogens is 278 g/mol. The predicted molar refractivity (Wildman–Crippen MR) is 86.7 cm³/mol. The monoisotopic (exact) mass is 295 g/mol. The molecule has 0 amide bonds. The molecule has 2 N–H and O–H groups in total. The summed E-state index contributed by atoms with van der Waals surface area (Å²) in [5.41, 5.74) is 1.57. The number of rotatable bonds is 5. The van der Waals surface area contributed by atoms with E-state index >= 15 is 0 Å². The van der Waals surface area contributed by atoms with Crippen LogP contribution in [-0.4, -0.2) is 21.7 Å². The predicted octanol–water partition coefficient (Wildman–Crippen LogP) is 3.87. The number of aromatic hydroxyl groups is 1. The standard InChI is InChI=1S/C17H17N3O2/c1-2-8-22-15-10-13(21)9-14-16(15)17(19-11-18-14)20-12-6-4-3-5-7-12/h3-7,9-11,21H,2,8H2,1H3,(H,18,19,20). The smallest absolute Gasteiger partial charge is 0.145 e. The van der Waals surface area contributed by atoms with Gasteiger partial charge in [-0.05, 0) is 18.6 Å². The van der Waals surface area contributed by atoms with Crippen LogP contribution in [-0.2, 0) is 0 Å². The van der Waals surface area contributed by atoms with E-state index in [1.165, 1.54) is 6.33 Å². The van der Waals surface area contributed by atoms with Crippen LogP contribution in [0, 0.1) is 0 Å². The summed E-state index contributed by atoms with van der Waals surface area (Å²) in [6, 6.07) is 13.0. The number of nitrogens with one attached hydrogen (secondary N) is 1. The number of phenols is 1. The summed E-state index contributed by atoms with van der Waals surface area (Å²) in [7, 11) is 0. The van der Waals surface area contributed by atoms with Crippen molar-refractivity contribution in [1.29, 1.82) is 0 Å². The number of fused-ring (bicyclic) bond motifs is 1. The summed E-state index contributed by atoms with van der Waals surface area (Å²) in [6.45, 7) is 2.60. The van der Waals surface area contributed by atoms with Crippen LogP contribution in [0.5, 0.6) is 11.5 Å². The van der Waals surface area contributed by atoms with Gasteiger partial charge >= 0.3 is 0 Å². The van der Waals surface area contributed by atoms with E-state index in [9.17, 15) is 5.11 Å². The Balaban J connectivity index is 2.09. The molecule has 0 atom stereocenters. The molecule has 0 unspecified atom stereocenters. The first-order chi connectivity index (χ1) is 10.8. The first kappa shape index (κ1) is 14.1. The summed E-state index contributed by atoms with van der Waals surface area (Å²) in [6.07, 6.45) is 2.35. The molecule has 22 heavy (non-hydrogen) atoms. The van der Waals surface area contributed by atoms with Crippen LogP contribution in [0.25, 0.3) is 10.9 Å². The molecule has 2 aromatic carbocycles. The van der Waals surface area contributed by atoms with Gasteiger partial charge in [-0.1, -0.05) is 25.1 Å². The lowest BCUT2D eigenvalue weighted by molar-refractivity contribution is 0.319. The lowest BCUT2D eigenvalue weighted by Crippen LogP contribution is -2.00. The zero-order valence-electron chi connectivity index (χ0n) is 12.3. The molecule has 1 heterocycles. The maximum absolute atomic E-state index is 9.83. The average Bonchev–Trinajstić information content (AvgIpc) is 2.53. The molecule has 0 saturated heterocycles. The first-order valence-electron chi connectivity index (χ1n) is 7.20. The Kier molecular flexibility index (Phi) is 4.05. The van der Waals surface area contributed by atoms with Crippen molar-refractivity contribution in [2.75, 3.05) is 11.9 Å². The number of hydrogen-bond donors (Lipinski definition) is 2. The number of para-hydroxylation sites is 1. The molecule has 5 nitrogen and oxygen atoms in total. The molecular formula is C17H17N3O2. The molecule has 5 heteroatoms. The maximum atomic E-state index is 9.83. The van der Waals surface area contributed by atoms with E-state index in [4.69, 9.17) is 4.74 Å². The molecule has 0 aliphatic carbocycles. The second-order valence-corrected chi connectivity index (χ2v) is 4.90. The quantitative estimate of drug-likeness (QED) is 0.748. The third-order valence-electron chi connectivity index (χ3n) is 3.18. The van der Waals surface area contributed by atoms with Crippen molar-refractivity contribution in [3.8, 4) is 11.5 Å². The lowest BCUT2D eigenvalue weighted by atomic mass is 10.2. The van der Waals surface area contributed by atoms with Gasteiger partial charge in [-0.3, -0.25) is 0 Å². The summed E-state index contributed by atoms with van der Waals surface area (Å²) < 4.78 is 5.75. The van der Waals surface area contributed by atoms with Gasteiger partial charge in [-0.25, -0.2) is 9.97 Å². The summed E-state index contributed by atoms with van der Waals surface area (Å²) in [4.78, 5) is 8.54. The van der Waals surface area contributed by atoms with Gasteiger partial charge in [0.2, 0.25) is 0 Å². The van der Waals surface area contributed by atoms with Gasteiger partial charge in [-0.15, -0.1) is 0 Å². The normalized spacial score (nSPS) is 10.6. The fraction of sp³-hybridized carbons (Fsp3) is 0.176. The fourth-order valence-electron chi connectivity index (χ4n) is 2.22. The van der Waals surface area contributed by atoms with Crippen molar-refractivity contribution < 1.29 is 9.84 Å². The minimum absolute atomic E-state index is 0.128. The number of aromatic nitrogens is 2. The molecule has 0 aliphatic heterocycles. The van der Waals surface area contributed by atoms with E-state index in [-0.39, 0.29) is 5.75 Å². The topological polar surface area (TPSA) is 67.3 Å². The van der Waals surface area contributed by atoms with Gasteiger partial charge in [0.1, 0.15) is 23.6 Å². The number of anilines is 2. The Morgan fingerprint density at radius 1 is 1.14 bits per heavy atom. The zero-order valence-corrected chi connectivity index (χ0v) is 12.3. The molecule has 3 aromatic rings. The van der Waals surface area contributed by atoms with Crippen LogP contribution in [0.4, 0.5) is 11.5 Å². The number of hydrogen-bond acceptors (Lipinski definition) is 5. The van der Waals surface area contributed by atoms with E-state index in [0.717, 1.165) is 17.5 Å². The Labute approximate surface area is 128 Å². The number of nitrogens with zero attached hydrogens (tertiary/aromatic N) is 2. The molecule has 3 rings (SSSR count). The van der Waals surface area contributed by atoms with Gasteiger partial charge in [0.25, 0.3) is 0 Å². The van der Waals surface area contributed by atoms with Crippen molar-refractivity contribution in [3.05, 3.63) is 48.8 Å². The van der Waals surface area contributed by atoms with Crippen LogP contribution in [0.2, 0.25) is 0 Å². The molecule has 0 fully saturated rings. The highest BCUT2D eigenvalue weighted by Crippen LogP contribution is 2.34. The van der Waals surface area contributed by atoms with Gasteiger partial charge < -0.3 is 15.2 Å². The van der Waals surface area contributed by atoms with Crippen LogP contribution in [0.3, 0.4) is 0 Å². The van der Waals surface area contributed by atoms with E-state index < -0.39 is 0 Å².